The predicted molar refractivity (Wildman–Crippen MR) is 305 cm³/mol. The number of amides is 8. The molecule has 0 aromatic heterocycles. The van der Waals surface area contributed by atoms with Crippen LogP contribution in [-0.2, 0) is 57.5 Å². The van der Waals surface area contributed by atoms with Gasteiger partial charge in [0.05, 0.1) is 43.4 Å². The second-order valence-electron chi connectivity index (χ2n) is 22.9. The van der Waals surface area contributed by atoms with Crippen LogP contribution in [0.5, 0.6) is 0 Å². The third-order valence-electron chi connectivity index (χ3n) is 15.9. The highest BCUT2D eigenvalue weighted by atomic mass is 16.7. The first-order chi connectivity index (χ1) is 37.9. The molecule has 3 N–H and O–H groups in total. The van der Waals surface area contributed by atoms with Gasteiger partial charge in [-0.2, -0.15) is 0 Å². The number of Topliss-reactive ketones (excluding diaryl/α,β-unsaturated/α-hetero) is 1. The van der Waals surface area contributed by atoms with E-state index in [2.05, 4.69) is 16.2 Å². The first-order valence-corrected chi connectivity index (χ1v) is 29.1. The monoisotopic (exact) mass is 1120 g/mol. The normalized spacial score (nSPS) is 19.1. The Bertz CT molecular complexity index is 2140. The summed E-state index contributed by atoms with van der Waals surface area (Å²) in [5.41, 5.74) is 4.78. The van der Waals surface area contributed by atoms with Gasteiger partial charge in [-0.1, -0.05) is 105 Å². The Balaban J connectivity index is 0.000000773. The summed E-state index contributed by atoms with van der Waals surface area (Å²) < 4.78 is 11.8. The fourth-order valence-electron chi connectivity index (χ4n) is 10.5. The molecule has 0 bridgehead atoms. The van der Waals surface area contributed by atoms with Gasteiger partial charge in [-0.3, -0.25) is 68.6 Å². The number of benzene rings is 1. The number of likely N-dealkylation sites (tertiary alicyclic amines) is 1. The zero-order valence-electron chi connectivity index (χ0n) is 50.5. The van der Waals surface area contributed by atoms with Crippen molar-refractivity contribution in [3.05, 3.63) is 48.6 Å². The average Bonchev–Trinajstić information content (AvgIpc) is 3.97. The lowest BCUT2D eigenvalue weighted by atomic mass is 9.89. The van der Waals surface area contributed by atoms with Crippen molar-refractivity contribution < 1.29 is 57.5 Å². The molecule has 3 heterocycles. The lowest BCUT2D eigenvalue weighted by Gasteiger charge is -2.41. The number of carbonyl (C=O) groups excluding carboxylic acids is 9. The van der Waals surface area contributed by atoms with Crippen molar-refractivity contribution in [3.63, 3.8) is 0 Å². The first-order valence-electron chi connectivity index (χ1n) is 29.1. The van der Waals surface area contributed by atoms with Crippen LogP contribution in [0.3, 0.4) is 0 Å². The van der Waals surface area contributed by atoms with E-state index in [0.717, 1.165) is 50.0 Å². The van der Waals surface area contributed by atoms with Crippen LogP contribution in [0.25, 0.3) is 0 Å². The Morgan fingerprint density at radius 1 is 0.775 bits per heavy atom. The van der Waals surface area contributed by atoms with Crippen LogP contribution in [0.2, 0.25) is 0 Å². The van der Waals surface area contributed by atoms with Gasteiger partial charge in [-0.15, -0.1) is 0 Å². The van der Waals surface area contributed by atoms with Crippen molar-refractivity contribution in [2.24, 2.45) is 29.1 Å². The fourth-order valence-corrected chi connectivity index (χ4v) is 10.5. The maximum Gasteiger partial charge on any atom is 0.253 e. The lowest BCUT2D eigenvalue weighted by Crippen LogP contribution is -2.60. The summed E-state index contributed by atoms with van der Waals surface area (Å²) in [7, 11) is 6.62. The number of hydroxylamine groups is 2. The number of nitrogens with zero attached hydrogens (tertiary/aromatic N) is 5. The number of ketones is 1. The summed E-state index contributed by atoms with van der Waals surface area (Å²) in [6, 6.07) is 9.79. The minimum Gasteiger partial charge on any atom is -0.379 e. The molecule has 7 unspecified atom stereocenters. The van der Waals surface area contributed by atoms with Gasteiger partial charge in [0, 0.05) is 77.2 Å². The van der Waals surface area contributed by atoms with E-state index in [1.165, 1.54) is 19.1 Å². The highest BCUT2D eigenvalue weighted by Gasteiger charge is 2.48. The topological polar surface area (TPSA) is 234 Å². The van der Waals surface area contributed by atoms with Gasteiger partial charge in [0.25, 0.3) is 17.7 Å². The van der Waals surface area contributed by atoms with Crippen LogP contribution in [0, 0.1) is 29.1 Å². The molecular formula is C60H98N8O12. The quantitative estimate of drug-likeness (QED) is 0.0495. The number of likely N-dealkylation sites (N-methyl/N-ethyl adjacent to an activating group) is 2. The average molecular weight is 1120 g/mol. The molecule has 450 valence electrons. The van der Waals surface area contributed by atoms with Crippen molar-refractivity contribution in [2.75, 3.05) is 61.1 Å². The minimum absolute atomic E-state index is 0.000812. The van der Waals surface area contributed by atoms with Gasteiger partial charge in [0.2, 0.25) is 29.5 Å². The number of hydrogen-bond acceptors (Lipinski definition) is 13. The van der Waals surface area contributed by atoms with Crippen molar-refractivity contribution >= 4 is 53.0 Å². The molecule has 20 nitrogen and oxygen atoms in total. The summed E-state index contributed by atoms with van der Waals surface area (Å²) in [6.45, 7) is 19.7. The second kappa shape index (κ2) is 34.7. The maximum absolute atomic E-state index is 14.4. The van der Waals surface area contributed by atoms with Crippen LogP contribution in [-0.4, -0.2) is 175 Å². The molecule has 8 atom stereocenters. The molecule has 1 aliphatic carbocycles. The summed E-state index contributed by atoms with van der Waals surface area (Å²) in [5.74, 6) is -2.76. The van der Waals surface area contributed by atoms with E-state index in [1.807, 2.05) is 96.7 Å². The molecule has 1 aromatic carbocycles. The zero-order chi connectivity index (χ0) is 59.7. The molecule has 0 radical (unpaired) electrons. The van der Waals surface area contributed by atoms with Crippen molar-refractivity contribution in [3.8, 4) is 0 Å². The predicted octanol–water partition coefficient (Wildman–Crippen LogP) is 6.03. The summed E-state index contributed by atoms with van der Waals surface area (Å²) in [5, 5.41) is 4.61. The van der Waals surface area contributed by atoms with Gasteiger partial charge < -0.3 is 24.6 Å². The van der Waals surface area contributed by atoms with Gasteiger partial charge in [0.15, 0.2) is 0 Å². The Labute approximate surface area is 477 Å². The van der Waals surface area contributed by atoms with Gasteiger partial charge in [0.1, 0.15) is 11.8 Å². The second-order valence-corrected chi connectivity index (χ2v) is 22.9. The summed E-state index contributed by atoms with van der Waals surface area (Å²) >= 11 is 0. The molecule has 3 aliphatic heterocycles. The van der Waals surface area contributed by atoms with Crippen molar-refractivity contribution in [1.29, 1.82) is 0 Å². The first kappa shape index (κ1) is 68.7. The number of unbranched alkanes of at least 4 members (excludes halogenated alkanes) is 2. The number of nitrogens with one attached hydrogen (secondary N) is 3. The zero-order valence-corrected chi connectivity index (χ0v) is 50.5. The van der Waals surface area contributed by atoms with Gasteiger partial charge in [-0.05, 0) is 96.1 Å². The standard InChI is InChI=1S/C45H77N7O10.C9H15NO2.C6H6/c1-13-30(6)42(34(61-11)27-39(58)51-26-17-19-33(51)43(62-12)31(7)32(8)53)50(10)45(60)40(28(2)3)46-44(59)41(29(4)5)49(9)24-18-21-36(55)48-47-35(54)20-15-14-16-25-52-37(56)22-23-38(52)57;1-9(4-5-9)8(11)10-6-2-3-7-12-10;1-2-4-6-5-3-1/h22-23,28-31,33-34,40-43H,13-21,24-27H2,1-12H3,(H,46,59)(H,47,54)(H,48,55);2-7H2,1H3;1-6H/t30?,31?,33?,34?,40-,41?,42?,43?;;/m0../s1. The summed E-state index contributed by atoms with van der Waals surface area (Å²) in [4.78, 5) is 126. The molecule has 80 heavy (non-hydrogen) atoms. The highest BCUT2D eigenvalue weighted by Crippen LogP contribution is 2.46. The Morgan fingerprint density at radius 2 is 1.36 bits per heavy atom. The van der Waals surface area contributed by atoms with Crippen LogP contribution in [0.15, 0.2) is 48.6 Å². The van der Waals surface area contributed by atoms with E-state index in [4.69, 9.17) is 14.3 Å². The third-order valence-corrected chi connectivity index (χ3v) is 15.9. The van der Waals surface area contributed by atoms with Crippen LogP contribution in [0.4, 0.5) is 0 Å². The van der Waals surface area contributed by atoms with Crippen LogP contribution >= 0.6 is 0 Å². The van der Waals surface area contributed by atoms with Crippen molar-refractivity contribution in [2.45, 2.75) is 189 Å². The number of methoxy groups -OCH3 is 2. The molecule has 1 aromatic rings. The molecule has 1 saturated carbocycles. The van der Waals surface area contributed by atoms with Crippen LogP contribution in [0.1, 0.15) is 152 Å². The number of imide groups is 1. The van der Waals surface area contributed by atoms with E-state index in [-0.39, 0.29) is 107 Å². The van der Waals surface area contributed by atoms with Gasteiger partial charge >= 0.3 is 0 Å². The van der Waals surface area contributed by atoms with E-state index in [1.54, 1.807) is 43.2 Å². The Hall–Kier alpha value is -5.57. The molecule has 8 amide bonds. The fraction of sp³-hybridized carbons (Fsp3) is 0.717. The van der Waals surface area contributed by atoms with Crippen molar-refractivity contribution in [1.82, 2.24) is 40.8 Å². The minimum atomic E-state index is -0.870. The molecule has 5 rings (SSSR count). The van der Waals surface area contributed by atoms with E-state index >= 15 is 0 Å². The molecule has 4 aliphatic rings. The number of carbonyl (C=O) groups is 9. The number of hydrogen-bond donors (Lipinski definition) is 3. The Kier molecular flexibility index (Phi) is 29.8. The van der Waals surface area contributed by atoms with Crippen LogP contribution < -0.4 is 16.2 Å². The SMILES string of the molecule is CC1(C(=O)N2CCCCO2)CC1.CCC(C)C(C(CC(=O)N1CCCC1C(OC)C(C)C(C)=O)OC)N(C)C(=O)[C@@H](NC(=O)C(C(C)C)N(C)CCCC(=O)NNC(=O)CCCCCN1C(=O)C=CC1=O)C(C)C.c1ccccc1. The van der Waals surface area contributed by atoms with E-state index in [9.17, 15) is 43.2 Å². The molecule has 2 saturated heterocycles. The van der Waals surface area contributed by atoms with E-state index in [0.29, 0.717) is 58.3 Å². The number of hydrazine groups is 1. The Morgan fingerprint density at radius 3 is 1.85 bits per heavy atom. The third kappa shape index (κ3) is 21.4. The van der Waals surface area contributed by atoms with E-state index < -0.39 is 30.3 Å². The molecule has 20 heteroatoms. The highest BCUT2D eigenvalue weighted by molar-refractivity contribution is 6.12. The smallest absolute Gasteiger partial charge is 0.253 e. The maximum atomic E-state index is 14.4. The summed E-state index contributed by atoms with van der Waals surface area (Å²) in [6.07, 6.45) is 10.3. The molecule has 0 spiro atoms. The largest absolute Gasteiger partial charge is 0.379 e. The number of rotatable bonds is 28. The molecular weight excluding hydrogens is 1020 g/mol. The number of ether oxygens (including phenoxy) is 2. The lowest BCUT2D eigenvalue weighted by molar-refractivity contribution is -0.202. The van der Waals surface area contributed by atoms with Gasteiger partial charge in [-0.25, -0.2) is 5.06 Å². The molecule has 3 fully saturated rings.